The predicted octanol–water partition coefficient (Wildman–Crippen LogP) is 4.72. The first-order chi connectivity index (χ1) is 10.2. The van der Waals surface area contributed by atoms with Crippen LogP contribution in [0.15, 0.2) is 24.4 Å². The van der Waals surface area contributed by atoms with Crippen LogP contribution in [0.2, 0.25) is 0 Å². The van der Waals surface area contributed by atoms with Gasteiger partial charge < -0.3 is 9.72 Å². The molecule has 0 radical (unpaired) electrons. The number of carbonyl (C=O) groups is 1. The molecule has 3 rings (SSSR count). The van der Waals surface area contributed by atoms with Crippen LogP contribution in [0.3, 0.4) is 0 Å². The normalized spacial score (nSPS) is 17.2. The smallest absolute Gasteiger partial charge is 0.171 e. The van der Waals surface area contributed by atoms with Gasteiger partial charge in [0, 0.05) is 22.7 Å². The number of nitrogens with one attached hydrogen (secondary N) is 1. The molecule has 1 aromatic carbocycles. The fourth-order valence-electron chi connectivity index (χ4n) is 3.37. The van der Waals surface area contributed by atoms with Gasteiger partial charge in [0.05, 0.1) is 12.0 Å². The average Bonchev–Trinajstić information content (AvgIpc) is 3.11. The highest BCUT2D eigenvalue weighted by Crippen LogP contribution is 2.42. The Morgan fingerprint density at radius 2 is 2.10 bits per heavy atom. The van der Waals surface area contributed by atoms with E-state index in [1.165, 1.54) is 0 Å². The molecule has 0 amide bonds. The van der Waals surface area contributed by atoms with Crippen LogP contribution < -0.4 is 4.74 Å². The first-order valence-electron chi connectivity index (χ1n) is 7.93. The van der Waals surface area contributed by atoms with Crippen molar-refractivity contribution in [2.75, 3.05) is 6.61 Å². The van der Waals surface area contributed by atoms with Crippen LogP contribution >= 0.6 is 0 Å². The maximum absolute atomic E-state index is 13.0. The SMILES string of the molecule is CCCOc1cccc2[nH]cc(C(=O)C3(C)CCCC3)c12. The number of ketones is 1. The molecule has 2 aromatic rings. The van der Waals surface area contributed by atoms with Gasteiger partial charge in [-0.15, -0.1) is 0 Å². The summed E-state index contributed by atoms with van der Waals surface area (Å²) >= 11 is 0. The van der Waals surface area contributed by atoms with Gasteiger partial charge >= 0.3 is 0 Å². The van der Waals surface area contributed by atoms with Crippen molar-refractivity contribution in [1.82, 2.24) is 4.98 Å². The van der Waals surface area contributed by atoms with Crippen molar-refractivity contribution >= 4 is 16.7 Å². The molecular weight excluding hydrogens is 262 g/mol. The van der Waals surface area contributed by atoms with Crippen molar-refractivity contribution in [3.63, 3.8) is 0 Å². The summed E-state index contributed by atoms with van der Waals surface area (Å²) in [6.45, 7) is 4.87. The van der Waals surface area contributed by atoms with Crippen molar-refractivity contribution in [2.24, 2.45) is 5.41 Å². The molecule has 3 nitrogen and oxygen atoms in total. The molecule has 0 atom stereocenters. The van der Waals surface area contributed by atoms with Gasteiger partial charge in [0.25, 0.3) is 0 Å². The summed E-state index contributed by atoms with van der Waals surface area (Å²) in [5.74, 6) is 1.08. The molecule has 0 aliphatic heterocycles. The molecule has 112 valence electrons. The van der Waals surface area contributed by atoms with Crippen LogP contribution in [-0.2, 0) is 0 Å². The predicted molar refractivity (Wildman–Crippen MR) is 85.0 cm³/mol. The third-order valence-electron chi connectivity index (χ3n) is 4.63. The summed E-state index contributed by atoms with van der Waals surface area (Å²) in [6, 6.07) is 5.93. The molecule has 1 saturated carbocycles. The molecule has 1 aromatic heterocycles. The van der Waals surface area contributed by atoms with Gasteiger partial charge in [0.2, 0.25) is 0 Å². The summed E-state index contributed by atoms with van der Waals surface area (Å²) in [5, 5.41) is 0.948. The Labute approximate surface area is 125 Å². The minimum Gasteiger partial charge on any atom is -0.493 e. The third-order valence-corrected chi connectivity index (χ3v) is 4.63. The maximum atomic E-state index is 13.0. The lowest BCUT2D eigenvalue weighted by molar-refractivity contribution is 0.0825. The van der Waals surface area contributed by atoms with Crippen LogP contribution in [0.5, 0.6) is 5.75 Å². The molecule has 1 aliphatic rings. The van der Waals surface area contributed by atoms with E-state index in [4.69, 9.17) is 4.74 Å². The summed E-state index contributed by atoms with van der Waals surface area (Å²) in [6.07, 6.45) is 7.12. The standard InChI is InChI=1S/C18H23NO2/c1-3-11-21-15-8-6-7-14-16(15)13(12-19-14)17(20)18(2)9-4-5-10-18/h6-8,12,19H,3-5,9-11H2,1-2H3. The zero-order chi connectivity index (χ0) is 14.9. The second-order valence-corrected chi connectivity index (χ2v) is 6.33. The van der Waals surface area contributed by atoms with Crippen LogP contribution in [-0.4, -0.2) is 17.4 Å². The van der Waals surface area contributed by atoms with Gasteiger partial charge in [-0.1, -0.05) is 32.8 Å². The first-order valence-corrected chi connectivity index (χ1v) is 7.93. The zero-order valence-electron chi connectivity index (χ0n) is 12.9. The van der Waals surface area contributed by atoms with Crippen LogP contribution in [0.25, 0.3) is 10.9 Å². The highest BCUT2D eigenvalue weighted by molar-refractivity contribution is 6.12. The Balaban J connectivity index is 2.04. The van der Waals surface area contributed by atoms with Crippen molar-refractivity contribution < 1.29 is 9.53 Å². The van der Waals surface area contributed by atoms with Crippen molar-refractivity contribution in [3.8, 4) is 5.75 Å². The second kappa shape index (κ2) is 5.55. The molecular formula is C18H23NO2. The monoisotopic (exact) mass is 285 g/mol. The lowest BCUT2D eigenvalue weighted by Gasteiger charge is -2.21. The fourth-order valence-corrected chi connectivity index (χ4v) is 3.37. The van der Waals surface area contributed by atoms with E-state index >= 15 is 0 Å². The van der Waals surface area contributed by atoms with Gasteiger partial charge in [-0.25, -0.2) is 0 Å². The highest BCUT2D eigenvalue weighted by Gasteiger charge is 2.38. The number of benzene rings is 1. The first kappa shape index (κ1) is 14.2. The number of hydrogen-bond donors (Lipinski definition) is 1. The molecule has 1 aliphatic carbocycles. The van der Waals surface area contributed by atoms with E-state index in [1.54, 1.807) is 0 Å². The van der Waals surface area contributed by atoms with E-state index in [0.29, 0.717) is 6.61 Å². The Morgan fingerprint density at radius 1 is 1.33 bits per heavy atom. The van der Waals surface area contributed by atoms with Gasteiger partial charge in [-0.05, 0) is 31.4 Å². The van der Waals surface area contributed by atoms with Crippen LogP contribution in [0.4, 0.5) is 0 Å². The number of rotatable bonds is 5. The van der Waals surface area contributed by atoms with E-state index in [-0.39, 0.29) is 11.2 Å². The van der Waals surface area contributed by atoms with Gasteiger partial charge in [0.15, 0.2) is 5.78 Å². The third kappa shape index (κ3) is 2.45. The minimum absolute atomic E-state index is 0.201. The lowest BCUT2D eigenvalue weighted by atomic mass is 9.80. The molecule has 0 bridgehead atoms. The largest absolute Gasteiger partial charge is 0.493 e. The van der Waals surface area contributed by atoms with Gasteiger partial charge in [0.1, 0.15) is 5.75 Å². The maximum Gasteiger partial charge on any atom is 0.171 e. The van der Waals surface area contributed by atoms with E-state index in [2.05, 4.69) is 18.8 Å². The molecule has 0 unspecified atom stereocenters. The highest BCUT2D eigenvalue weighted by atomic mass is 16.5. The molecule has 21 heavy (non-hydrogen) atoms. The number of Topliss-reactive ketones (excluding diaryl/α,β-unsaturated/α-hetero) is 1. The summed E-state index contributed by atoms with van der Waals surface area (Å²) in [7, 11) is 0. The van der Waals surface area contributed by atoms with E-state index in [1.807, 2.05) is 24.4 Å². The average molecular weight is 285 g/mol. The molecule has 1 heterocycles. The van der Waals surface area contributed by atoms with Crippen molar-refractivity contribution in [3.05, 3.63) is 30.0 Å². The Kier molecular flexibility index (Phi) is 3.75. The Morgan fingerprint density at radius 3 is 2.81 bits per heavy atom. The number of carbonyl (C=O) groups excluding carboxylic acids is 1. The van der Waals surface area contributed by atoms with Crippen LogP contribution in [0, 0.1) is 5.41 Å². The number of hydrogen-bond acceptors (Lipinski definition) is 2. The summed E-state index contributed by atoms with van der Waals surface area (Å²) in [4.78, 5) is 16.2. The van der Waals surface area contributed by atoms with Crippen molar-refractivity contribution in [1.29, 1.82) is 0 Å². The number of aromatic amines is 1. The van der Waals surface area contributed by atoms with Gasteiger partial charge in [-0.2, -0.15) is 0 Å². The number of fused-ring (bicyclic) bond motifs is 1. The number of ether oxygens (including phenoxy) is 1. The summed E-state index contributed by atoms with van der Waals surface area (Å²) in [5.41, 5.74) is 1.57. The van der Waals surface area contributed by atoms with Crippen molar-refractivity contribution in [2.45, 2.75) is 46.0 Å². The minimum atomic E-state index is -0.201. The second-order valence-electron chi connectivity index (χ2n) is 6.33. The van der Waals surface area contributed by atoms with E-state index < -0.39 is 0 Å². The topological polar surface area (TPSA) is 42.1 Å². The Hall–Kier alpha value is -1.77. The van der Waals surface area contributed by atoms with E-state index in [9.17, 15) is 4.79 Å². The number of aromatic nitrogens is 1. The zero-order valence-corrected chi connectivity index (χ0v) is 12.9. The molecule has 3 heteroatoms. The fraction of sp³-hybridized carbons (Fsp3) is 0.500. The van der Waals surface area contributed by atoms with Gasteiger partial charge in [-0.3, -0.25) is 4.79 Å². The molecule has 1 fully saturated rings. The van der Waals surface area contributed by atoms with E-state index in [0.717, 1.165) is 54.3 Å². The lowest BCUT2D eigenvalue weighted by Crippen LogP contribution is -2.24. The summed E-state index contributed by atoms with van der Waals surface area (Å²) < 4.78 is 5.84. The molecule has 1 N–H and O–H groups in total. The Bertz CT molecular complexity index is 650. The molecule has 0 saturated heterocycles. The quantitative estimate of drug-likeness (QED) is 0.808. The number of H-pyrrole nitrogens is 1. The van der Waals surface area contributed by atoms with Crippen LogP contribution in [0.1, 0.15) is 56.3 Å². The molecule has 0 spiro atoms.